The molecule has 0 bridgehead atoms. The van der Waals surface area contributed by atoms with E-state index >= 15 is 0 Å². The number of fused-ring (bicyclic) bond motifs is 1. The summed E-state index contributed by atoms with van der Waals surface area (Å²) < 4.78 is 0. The van der Waals surface area contributed by atoms with Gasteiger partial charge in [-0.3, -0.25) is 5.43 Å². The summed E-state index contributed by atoms with van der Waals surface area (Å²) in [6.45, 7) is 10.2. The van der Waals surface area contributed by atoms with E-state index in [4.69, 9.17) is 0 Å². The normalized spacial score (nSPS) is 12.9. The lowest BCUT2D eigenvalue weighted by atomic mass is 9.92. The number of hydrogen-bond donors (Lipinski definition) is 3. The third-order valence-corrected chi connectivity index (χ3v) is 3.76. The Kier molecular flexibility index (Phi) is 4.20. The van der Waals surface area contributed by atoms with Crippen molar-refractivity contribution in [1.82, 2.24) is 10.9 Å². The maximum absolute atomic E-state index is 4.16. The van der Waals surface area contributed by atoms with Crippen molar-refractivity contribution in [2.75, 3.05) is 5.32 Å². The lowest BCUT2D eigenvalue weighted by Crippen LogP contribution is -2.33. The van der Waals surface area contributed by atoms with Gasteiger partial charge in [0.15, 0.2) is 0 Å². The first kappa shape index (κ1) is 15.0. The van der Waals surface area contributed by atoms with Gasteiger partial charge in [-0.2, -0.15) is 0 Å². The smallest absolute Gasteiger partial charge is 0.114 e. The number of benzene rings is 2. The molecule has 0 radical (unpaired) electrons. The molecule has 0 aliphatic heterocycles. The minimum atomic E-state index is 0.695. The van der Waals surface area contributed by atoms with Crippen LogP contribution in [0.2, 0.25) is 0 Å². The van der Waals surface area contributed by atoms with Gasteiger partial charge in [0.2, 0.25) is 0 Å². The van der Waals surface area contributed by atoms with Gasteiger partial charge in [-0.1, -0.05) is 49.6 Å². The van der Waals surface area contributed by atoms with Gasteiger partial charge in [0.1, 0.15) is 5.82 Å². The van der Waals surface area contributed by atoms with E-state index in [2.05, 4.69) is 66.6 Å². The third-order valence-electron chi connectivity index (χ3n) is 3.76. The van der Waals surface area contributed by atoms with Gasteiger partial charge in [-0.05, 0) is 47.4 Å². The van der Waals surface area contributed by atoms with Gasteiger partial charge in [0, 0.05) is 17.8 Å². The molecule has 0 spiro atoms. The highest BCUT2D eigenvalue weighted by Crippen LogP contribution is 2.29. The summed E-state index contributed by atoms with van der Waals surface area (Å²) in [4.78, 5) is 0. The molecule has 0 saturated carbocycles. The Labute approximate surface area is 137 Å². The first-order chi connectivity index (χ1) is 11.1. The number of nitrogens with one attached hydrogen (secondary N) is 3. The van der Waals surface area contributed by atoms with Crippen molar-refractivity contribution in [3.05, 3.63) is 89.9 Å². The van der Waals surface area contributed by atoms with Gasteiger partial charge < -0.3 is 10.7 Å². The second kappa shape index (κ2) is 6.44. The summed E-state index contributed by atoms with van der Waals surface area (Å²) in [6, 6.07) is 16.5. The molecule has 0 atom stereocenters. The number of hydrazine groups is 1. The Bertz CT molecular complexity index is 787. The highest BCUT2D eigenvalue weighted by molar-refractivity contribution is 5.79. The van der Waals surface area contributed by atoms with Crippen LogP contribution in [0.4, 0.5) is 5.69 Å². The minimum absolute atomic E-state index is 0.695. The molecule has 116 valence electrons. The fourth-order valence-electron chi connectivity index (χ4n) is 2.67. The predicted octanol–water partition coefficient (Wildman–Crippen LogP) is 4.43. The molecule has 0 aromatic heterocycles. The summed E-state index contributed by atoms with van der Waals surface area (Å²) in [5.74, 6) is 0.695. The van der Waals surface area contributed by atoms with E-state index in [0.717, 1.165) is 23.4 Å². The Hall–Kier alpha value is -2.94. The van der Waals surface area contributed by atoms with Crippen LogP contribution in [-0.2, 0) is 0 Å². The molecule has 1 aliphatic rings. The molecule has 0 fully saturated rings. The van der Waals surface area contributed by atoms with E-state index in [1.54, 1.807) is 0 Å². The van der Waals surface area contributed by atoms with Crippen molar-refractivity contribution < 1.29 is 0 Å². The van der Waals surface area contributed by atoms with Crippen molar-refractivity contribution >= 4 is 17.3 Å². The highest BCUT2D eigenvalue weighted by atomic mass is 15.4. The number of aryl methyl sites for hydroxylation is 1. The van der Waals surface area contributed by atoms with Gasteiger partial charge in [-0.25, -0.2) is 0 Å². The largest absolute Gasteiger partial charge is 0.341 e. The summed E-state index contributed by atoms with van der Waals surface area (Å²) in [6.07, 6.45) is 2.93. The Balaban J connectivity index is 1.62. The number of hydrogen-bond acceptors (Lipinski definition) is 3. The second-order valence-electron chi connectivity index (χ2n) is 5.76. The molecular formula is C20H21N3. The van der Waals surface area contributed by atoms with Crippen LogP contribution in [0.1, 0.15) is 23.1 Å². The number of allylic oxidation sites excluding steroid dienone is 1. The van der Waals surface area contributed by atoms with Gasteiger partial charge in [0.25, 0.3) is 0 Å². The van der Waals surface area contributed by atoms with Crippen LogP contribution in [0.25, 0.3) is 11.6 Å². The minimum Gasteiger partial charge on any atom is -0.341 e. The molecule has 1 aliphatic carbocycles. The zero-order valence-corrected chi connectivity index (χ0v) is 13.3. The van der Waals surface area contributed by atoms with Crippen LogP contribution in [0.15, 0.2) is 73.2 Å². The lowest BCUT2D eigenvalue weighted by Gasteiger charge is -2.21. The van der Waals surface area contributed by atoms with Crippen LogP contribution in [0.3, 0.4) is 0 Å². The molecule has 3 nitrogen and oxygen atoms in total. The second-order valence-corrected chi connectivity index (χ2v) is 5.76. The maximum atomic E-state index is 4.16. The fraction of sp³-hybridized carbons (Fsp3) is 0.100. The van der Waals surface area contributed by atoms with Crippen molar-refractivity contribution in [1.29, 1.82) is 0 Å². The van der Waals surface area contributed by atoms with Gasteiger partial charge in [-0.15, -0.1) is 0 Å². The summed E-state index contributed by atoms with van der Waals surface area (Å²) in [5, 5.41) is 3.23. The number of anilines is 1. The van der Waals surface area contributed by atoms with E-state index in [1.165, 1.54) is 16.7 Å². The SMILES string of the molecule is C=C(NNC1=Cc2ccccc2C(=C)C1)Nc1cccc(C)c1. The number of rotatable bonds is 5. The van der Waals surface area contributed by atoms with Crippen molar-refractivity contribution in [2.24, 2.45) is 0 Å². The summed E-state index contributed by atoms with van der Waals surface area (Å²) in [7, 11) is 0. The highest BCUT2D eigenvalue weighted by Gasteiger charge is 2.12. The van der Waals surface area contributed by atoms with Crippen molar-refractivity contribution in [3.8, 4) is 0 Å². The third kappa shape index (κ3) is 3.64. The standard InChI is InChI=1S/C20H21N3/c1-14-7-6-9-18(11-14)21-16(3)22-23-19-12-15(2)20-10-5-4-8-17(20)13-19/h4-11,13,21-23H,2-3,12H2,1H3. The molecule has 0 amide bonds. The quantitative estimate of drug-likeness (QED) is 0.715. The van der Waals surface area contributed by atoms with E-state index < -0.39 is 0 Å². The molecule has 0 heterocycles. The van der Waals surface area contributed by atoms with E-state index in [9.17, 15) is 0 Å². The zero-order chi connectivity index (χ0) is 16.2. The Morgan fingerprint density at radius 1 is 1.09 bits per heavy atom. The van der Waals surface area contributed by atoms with Crippen molar-refractivity contribution in [2.45, 2.75) is 13.3 Å². The predicted molar refractivity (Wildman–Crippen MR) is 98.3 cm³/mol. The molecule has 3 N–H and O–H groups in total. The maximum Gasteiger partial charge on any atom is 0.114 e. The zero-order valence-electron chi connectivity index (χ0n) is 13.3. The van der Waals surface area contributed by atoms with E-state index in [-0.39, 0.29) is 0 Å². The first-order valence-corrected chi connectivity index (χ1v) is 7.64. The molecule has 0 unspecified atom stereocenters. The molecule has 2 aromatic carbocycles. The van der Waals surface area contributed by atoms with Crippen LogP contribution in [0, 0.1) is 6.92 Å². The summed E-state index contributed by atoms with van der Waals surface area (Å²) >= 11 is 0. The summed E-state index contributed by atoms with van der Waals surface area (Å²) in [5.41, 5.74) is 13.1. The van der Waals surface area contributed by atoms with Crippen LogP contribution >= 0.6 is 0 Å². The van der Waals surface area contributed by atoms with Crippen molar-refractivity contribution in [3.63, 3.8) is 0 Å². The van der Waals surface area contributed by atoms with E-state index in [1.807, 2.05) is 24.3 Å². The van der Waals surface area contributed by atoms with Crippen LogP contribution in [-0.4, -0.2) is 0 Å². The molecule has 2 aromatic rings. The van der Waals surface area contributed by atoms with E-state index in [0.29, 0.717) is 5.82 Å². The monoisotopic (exact) mass is 303 g/mol. The molecule has 0 saturated heterocycles. The van der Waals surface area contributed by atoms with Gasteiger partial charge in [0.05, 0.1) is 0 Å². The fourth-order valence-corrected chi connectivity index (χ4v) is 2.67. The lowest BCUT2D eigenvalue weighted by molar-refractivity contribution is 0.687. The Morgan fingerprint density at radius 2 is 1.91 bits per heavy atom. The average Bonchev–Trinajstić information content (AvgIpc) is 2.53. The topological polar surface area (TPSA) is 36.1 Å². The Morgan fingerprint density at radius 3 is 2.74 bits per heavy atom. The van der Waals surface area contributed by atoms with Crippen LogP contribution in [0.5, 0.6) is 0 Å². The molecule has 3 heteroatoms. The molecule has 23 heavy (non-hydrogen) atoms. The van der Waals surface area contributed by atoms with Crippen LogP contribution < -0.4 is 16.2 Å². The molecular weight excluding hydrogens is 282 g/mol. The van der Waals surface area contributed by atoms with Gasteiger partial charge >= 0.3 is 0 Å². The molecule has 3 rings (SSSR count). The average molecular weight is 303 g/mol. The first-order valence-electron chi connectivity index (χ1n) is 7.64.